The van der Waals surface area contributed by atoms with Crippen LogP contribution in [0.25, 0.3) is 0 Å². The van der Waals surface area contributed by atoms with E-state index in [2.05, 4.69) is 26.9 Å². The Bertz CT molecular complexity index is 578. The predicted molar refractivity (Wildman–Crippen MR) is 81.8 cm³/mol. The summed E-state index contributed by atoms with van der Waals surface area (Å²) in [5, 5.41) is 4.11. The molecule has 1 saturated carbocycles. The van der Waals surface area contributed by atoms with Crippen LogP contribution >= 0.6 is 0 Å². The van der Waals surface area contributed by atoms with E-state index in [1.165, 1.54) is 12.8 Å². The van der Waals surface area contributed by atoms with Crippen molar-refractivity contribution in [1.82, 2.24) is 19.9 Å². The van der Waals surface area contributed by atoms with Crippen molar-refractivity contribution in [3.05, 3.63) is 11.7 Å². The third-order valence-electron chi connectivity index (χ3n) is 5.24. The Balaban J connectivity index is 1.34. The second-order valence-corrected chi connectivity index (χ2v) is 7.01. The quantitative estimate of drug-likeness (QED) is 0.775. The summed E-state index contributed by atoms with van der Waals surface area (Å²) >= 11 is 0. The van der Waals surface area contributed by atoms with Crippen molar-refractivity contribution in [3.8, 4) is 0 Å². The number of aromatic nitrogens is 2. The molecule has 1 aliphatic carbocycles. The van der Waals surface area contributed by atoms with E-state index < -0.39 is 0 Å². The van der Waals surface area contributed by atoms with Crippen molar-refractivity contribution in [2.75, 3.05) is 26.2 Å². The highest BCUT2D eigenvalue weighted by Crippen LogP contribution is 2.38. The Morgan fingerprint density at radius 3 is 2.57 bits per heavy atom. The number of cyclic esters (lactones) is 1. The van der Waals surface area contributed by atoms with Gasteiger partial charge in [0.1, 0.15) is 12.1 Å². The fourth-order valence-corrected chi connectivity index (χ4v) is 3.55. The van der Waals surface area contributed by atoms with E-state index in [1.807, 2.05) is 6.92 Å². The molecular weight excluding hydrogens is 296 g/mol. The summed E-state index contributed by atoms with van der Waals surface area (Å²) in [4.78, 5) is 21.0. The lowest BCUT2D eigenvalue weighted by molar-refractivity contribution is -0.145. The monoisotopic (exact) mass is 320 g/mol. The molecule has 3 fully saturated rings. The molecule has 23 heavy (non-hydrogen) atoms. The van der Waals surface area contributed by atoms with Crippen LogP contribution in [0.3, 0.4) is 0 Å². The van der Waals surface area contributed by atoms with Crippen molar-refractivity contribution >= 4 is 5.97 Å². The molecule has 126 valence electrons. The summed E-state index contributed by atoms with van der Waals surface area (Å²) in [7, 11) is 0. The van der Waals surface area contributed by atoms with E-state index in [0.29, 0.717) is 11.8 Å². The van der Waals surface area contributed by atoms with Crippen molar-refractivity contribution in [2.45, 2.75) is 57.2 Å². The molecule has 3 heterocycles. The van der Waals surface area contributed by atoms with Crippen LogP contribution in [0.4, 0.5) is 0 Å². The Morgan fingerprint density at radius 1 is 1.22 bits per heavy atom. The van der Waals surface area contributed by atoms with E-state index in [4.69, 9.17) is 9.26 Å². The van der Waals surface area contributed by atoms with Crippen LogP contribution in [0.15, 0.2) is 4.52 Å². The first-order valence-electron chi connectivity index (χ1n) is 8.64. The molecular formula is C16H24N4O3. The minimum absolute atomic E-state index is 0.0451. The first kappa shape index (κ1) is 15.1. The largest absolute Gasteiger partial charge is 0.461 e. The maximum atomic E-state index is 11.9. The first-order valence-corrected chi connectivity index (χ1v) is 8.64. The molecule has 4 rings (SSSR count). The first-order chi connectivity index (χ1) is 11.1. The van der Waals surface area contributed by atoms with E-state index in [0.717, 1.165) is 38.4 Å². The Kier molecular flexibility index (Phi) is 3.85. The molecule has 7 heteroatoms. The summed E-state index contributed by atoms with van der Waals surface area (Å²) in [6.45, 7) is 7.64. The number of hydrogen-bond acceptors (Lipinski definition) is 7. The Labute approximate surface area is 136 Å². The number of hydrogen-bond donors (Lipinski definition) is 0. The van der Waals surface area contributed by atoms with Gasteiger partial charge in [-0.15, -0.1) is 0 Å². The topological polar surface area (TPSA) is 71.7 Å². The summed E-state index contributed by atoms with van der Waals surface area (Å²) in [5.74, 6) is 2.04. The van der Waals surface area contributed by atoms with E-state index in [-0.39, 0.29) is 24.2 Å². The van der Waals surface area contributed by atoms with Crippen molar-refractivity contribution in [3.63, 3.8) is 0 Å². The lowest BCUT2D eigenvalue weighted by Crippen LogP contribution is -2.52. The van der Waals surface area contributed by atoms with Crippen LogP contribution in [0, 0.1) is 0 Å². The minimum Gasteiger partial charge on any atom is -0.461 e. The summed E-state index contributed by atoms with van der Waals surface area (Å²) < 4.78 is 10.7. The van der Waals surface area contributed by atoms with E-state index >= 15 is 0 Å². The minimum atomic E-state index is -0.0648. The number of rotatable bonds is 4. The van der Waals surface area contributed by atoms with Gasteiger partial charge in [-0.1, -0.05) is 5.16 Å². The molecule has 2 aliphatic heterocycles. The summed E-state index contributed by atoms with van der Waals surface area (Å²) in [6, 6.07) is 0.0685. The molecule has 3 unspecified atom stereocenters. The zero-order chi connectivity index (χ0) is 16.0. The number of carbonyl (C=O) groups excluding carboxylic acids is 1. The normalized spacial score (nSPS) is 31.3. The molecule has 0 spiro atoms. The van der Waals surface area contributed by atoms with Crippen LogP contribution in [-0.2, 0) is 9.53 Å². The van der Waals surface area contributed by atoms with Gasteiger partial charge >= 0.3 is 5.97 Å². The SMILES string of the molecule is CC1CC(N2CCN(C(C)c3nc(C4CC4)no3)CC2)C(=O)O1. The third kappa shape index (κ3) is 2.99. The maximum absolute atomic E-state index is 11.9. The molecule has 0 bridgehead atoms. The van der Waals surface area contributed by atoms with Gasteiger partial charge in [0.15, 0.2) is 5.82 Å². The molecule has 1 aromatic rings. The van der Waals surface area contributed by atoms with Crippen LogP contribution < -0.4 is 0 Å². The third-order valence-corrected chi connectivity index (χ3v) is 5.24. The number of carbonyl (C=O) groups is 1. The molecule has 0 aromatic carbocycles. The van der Waals surface area contributed by atoms with Gasteiger partial charge in [-0.3, -0.25) is 14.6 Å². The Morgan fingerprint density at radius 2 is 1.96 bits per heavy atom. The standard InChI is InChI=1S/C16H24N4O3/c1-10-9-13(16(21)22-10)20-7-5-19(6-8-20)11(2)15-17-14(18-23-15)12-3-4-12/h10-13H,3-9H2,1-2H3. The number of ether oxygens (including phenoxy) is 1. The molecule has 3 aliphatic rings. The number of piperazine rings is 1. The second-order valence-electron chi connectivity index (χ2n) is 7.01. The highest BCUT2D eigenvalue weighted by molar-refractivity contribution is 5.78. The number of esters is 1. The van der Waals surface area contributed by atoms with Gasteiger partial charge in [0.05, 0.1) is 6.04 Å². The van der Waals surface area contributed by atoms with Gasteiger partial charge in [0, 0.05) is 38.5 Å². The average molecular weight is 320 g/mol. The van der Waals surface area contributed by atoms with Gasteiger partial charge < -0.3 is 9.26 Å². The van der Waals surface area contributed by atoms with E-state index in [1.54, 1.807) is 0 Å². The summed E-state index contributed by atoms with van der Waals surface area (Å²) in [6.07, 6.45) is 3.22. The summed E-state index contributed by atoms with van der Waals surface area (Å²) in [5.41, 5.74) is 0. The average Bonchev–Trinajstić information content (AvgIpc) is 3.18. The fraction of sp³-hybridized carbons (Fsp3) is 0.812. The smallest absolute Gasteiger partial charge is 0.323 e. The number of nitrogens with zero attached hydrogens (tertiary/aromatic N) is 4. The van der Waals surface area contributed by atoms with Crippen molar-refractivity contribution in [1.29, 1.82) is 0 Å². The zero-order valence-electron chi connectivity index (χ0n) is 13.8. The molecule has 0 radical (unpaired) electrons. The van der Waals surface area contributed by atoms with Gasteiger partial charge in [0.2, 0.25) is 5.89 Å². The second kappa shape index (κ2) is 5.87. The van der Waals surface area contributed by atoms with Gasteiger partial charge in [-0.2, -0.15) is 4.98 Å². The highest BCUT2D eigenvalue weighted by atomic mass is 16.6. The molecule has 1 aromatic heterocycles. The van der Waals surface area contributed by atoms with Crippen LogP contribution in [-0.4, -0.2) is 64.2 Å². The van der Waals surface area contributed by atoms with Gasteiger partial charge in [0.25, 0.3) is 0 Å². The molecule has 3 atom stereocenters. The Hall–Kier alpha value is -1.47. The highest BCUT2D eigenvalue weighted by Gasteiger charge is 2.38. The zero-order valence-corrected chi connectivity index (χ0v) is 13.8. The molecule has 0 amide bonds. The van der Waals surface area contributed by atoms with Gasteiger partial charge in [-0.05, 0) is 26.7 Å². The van der Waals surface area contributed by atoms with Gasteiger partial charge in [-0.25, -0.2) is 0 Å². The van der Waals surface area contributed by atoms with E-state index in [9.17, 15) is 4.79 Å². The van der Waals surface area contributed by atoms with Crippen LogP contribution in [0.5, 0.6) is 0 Å². The fourth-order valence-electron chi connectivity index (χ4n) is 3.55. The maximum Gasteiger partial charge on any atom is 0.323 e. The molecule has 2 saturated heterocycles. The lowest BCUT2D eigenvalue weighted by Gasteiger charge is -2.38. The van der Waals surface area contributed by atoms with Crippen molar-refractivity contribution < 1.29 is 14.1 Å². The molecule has 7 nitrogen and oxygen atoms in total. The lowest BCUT2D eigenvalue weighted by atomic mass is 10.1. The van der Waals surface area contributed by atoms with Crippen LogP contribution in [0.2, 0.25) is 0 Å². The van der Waals surface area contributed by atoms with Crippen LogP contribution in [0.1, 0.15) is 56.8 Å². The predicted octanol–water partition coefficient (Wildman–Crippen LogP) is 1.33. The molecule has 0 N–H and O–H groups in total. The van der Waals surface area contributed by atoms with Crippen molar-refractivity contribution in [2.24, 2.45) is 0 Å².